The van der Waals surface area contributed by atoms with E-state index in [2.05, 4.69) is 14.9 Å². The number of H-pyrrole nitrogens is 1. The summed E-state index contributed by atoms with van der Waals surface area (Å²) in [6, 6.07) is 10.9. The van der Waals surface area contributed by atoms with Crippen LogP contribution in [-0.2, 0) is 19.3 Å². The number of pyridine rings is 1. The second-order valence-corrected chi connectivity index (χ2v) is 10.5. The molecule has 10 heteroatoms. The minimum absolute atomic E-state index is 0.0754. The highest BCUT2D eigenvalue weighted by Gasteiger charge is 2.28. The van der Waals surface area contributed by atoms with Gasteiger partial charge in [-0.1, -0.05) is 19.1 Å². The number of aromatic amines is 1. The molecule has 0 spiro atoms. The molecule has 0 saturated carbocycles. The van der Waals surface area contributed by atoms with Crippen molar-refractivity contribution >= 4 is 32.7 Å². The van der Waals surface area contributed by atoms with Crippen molar-refractivity contribution in [1.29, 1.82) is 0 Å². The molecular formula is C23H26N4O5S. The summed E-state index contributed by atoms with van der Waals surface area (Å²) in [6.45, 7) is 5.15. The van der Waals surface area contributed by atoms with E-state index in [4.69, 9.17) is 9.47 Å². The van der Waals surface area contributed by atoms with Crippen LogP contribution in [0.2, 0.25) is 0 Å². The van der Waals surface area contributed by atoms with Gasteiger partial charge in [0.05, 0.1) is 23.9 Å². The molecule has 2 aliphatic heterocycles. The number of rotatable bonds is 5. The molecule has 0 radical (unpaired) electrons. The third-order valence-corrected chi connectivity index (χ3v) is 7.92. The summed E-state index contributed by atoms with van der Waals surface area (Å²) in [5, 5.41) is 0.986. The van der Waals surface area contributed by atoms with Crippen LogP contribution in [0.15, 0.2) is 47.5 Å². The van der Waals surface area contributed by atoms with E-state index >= 15 is 0 Å². The average Bonchev–Trinajstić information content (AvgIpc) is 3.26. The molecule has 33 heavy (non-hydrogen) atoms. The van der Waals surface area contributed by atoms with Crippen molar-refractivity contribution in [2.75, 3.05) is 50.0 Å². The maximum atomic E-state index is 12.3. The topological polar surface area (TPSA) is 105 Å². The normalized spacial score (nSPS) is 17.2. The van der Waals surface area contributed by atoms with Crippen LogP contribution in [0.3, 0.4) is 0 Å². The summed E-state index contributed by atoms with van der Waals surface area (Å²) in [4.78, 5) is 24.4. The zero-order chi connectivity index (χ0) is 23.0. The molecule has 0 aliphatic carbocycles. The fraction of sp³-hybridized carbons (Fsp3) is 0.391. The molecule has 0 bridgehead atoms. The molecule has 3 aromatic rings. The molecule has 0 atom stereocenters. The number of hydrogen-bond donors (Lipinski definition) is 1. The number of nitrogens with zero attached hydrogens (tertiary/aromatic N) is 3. The Labute approximate surface area is 192 Å². The monoisotopic (exact) mass is 470 g/mol. The van der Waals surface area contributed by atoms with Gasteiger partial charge in [0.25, 0.3) is 0 Å². The largest absolute Gasteiger partial charge is 0.441 e. The summed E-state index contributed by atoms with van der Waals surface area (Å²) in [6.07, 6.45) is 1.37. The van der Waals surface area contributed by atoms with Crippen LogP contribution in [0, 0.1) is 0 Å². The highest BCUT2D eigenvalue weighted by atomic mass is 32.2. The Hall–Kier alpha value is -3.11. The first-order chi connectivity index (χ1) is 15.9. The quantitative estimate of drug-likeness (QED) is 0.611. The molecule has 2 aliphatic rings. The van der Waals surface area contributed by atoms with Gasteiger partial charge < -0.3 is 24.3 Å². The van der Waals surface area contributed by atoms with Crippen LogP contribution in [0.4, 0.5) is 10.5 Å². The third kappa shape index (κ3) is 4.28. The number of fused-ring (bicyclic) bond motifs is 1. The summed E-state index contributed by atoms with van der Waals surface area (Å²) in [7, 11) is -3.23. The number of carbonyl (C=O) groups excluding carboxylic acids is 1. The highest BCUT2D eigenvalue weighted by Crippen LogP contribution is 2.31. The van der Waals surface area contributed by atoms with Gasteiger partial charge in [0.15, 0.2) is 15.9 Å². The Bertz CT molecular complexity index is 1260. The Kier molecular flexibility index (Phi) is 5.71. The van der Waals surface area contributed by atoms with E-state index in [0.29, 0.717) is 44.3 Å². The second kappa shape index (κ2) is 8.68. The number of amides is 1. The van der Waals surface area contributed by atoms with Gasteiger partial charge in [-0.15, -0.1) is 0 Å². The van der Waals surface area contributed by atoms with E-state index in [0.717, 1.165) is 28.0 Å². The van der Waals surface area contributed by atoms with Crippen molar-refractivity contribution in [3.05, 3.63) is 42.6 Å². The van der Waals surface area contributed by atoms with Crippen LogP contribution in [0.1, 0.15) is 6.92 Å². The zero-order valence-corrected chi connectivity index (χ0v) is 19.2. The van der Waals surface area contributed by atoms with Crippen LogP contribution < -0.4 is 4.90 Å². The van der Waals surface area contributed by atoms with Crippen LogP contribution in [-0.4, -0.2) is 80.6 Å². The van der Waals surface area contributed by atoms with Crippen molar-refractivity contribution < 1.29 is 22.7 Å². The van der Waals surface area contributed by atoms with Crippen LogP contribution >= 0.6 is 0 Å². The van der Waals surface area contributed by atoms with E-state index in [1.165, 1.54) is 0 Å². The van der Waals surface area contributed by atoms with Crippen molar-refractivity contribution in [2.45, 2.75) is 17.9 Å². The molecular weight excluding hydrogens is 444 g/mol. The number of ether oxygens (including phenoxy) is 2. The summed E-state index contributed by atoms with van der Waals surface area (Å²) in [5.74, 6) is 0.0754. The molecule has 174 valence electrons. The molecule has 0 unspecified atom stereocenters. The number of benzene rings is 1. The lowest BCUT2D eigenvalue weighted by Crippen LogP contribution is -2.51. The molecule has 4 heterocycles. The van der Waals surface area contributed by atoms with Crippen LogP contribution in [0.25, 0.3) is 22.3 Å². The second-order valence-electron chi connectivity index (χ2n) is 8.22. The smallest absolute Gasteiger partial charge is 0.410 e. The fourth-order valence-corrected chi connectivity index (χ4v) is 4.97. The molecule has 9 nitrogen and oxygen atoms in total. The van der Waals surface area contributed by atoms with Crippen LogP contribution in [0.5, 0.6) is 0 Å². The Morgan fingerprint density at radius 1 is 1.15 bits per heavy atom. The molecule has 5 rings (SSSR count). The van der Waals surface area contributed by atoms with Gasteiger partial charge in [0.1, 0.15) is 5.65 Å². The minimum Gasteiger partial charge on any atom is -0.441 e. The maximum Gasteiger partial charge on any atom is 0.410 e. The van der Waals surface area contributed by atoms with Gasteiger partial charge in [-0.25, -0.2) is 18.2 Å². The predicted octanol–water partition coefficient (Wildman–Crippen LogP) is 2.68. The first kappa shape index (κ1) is 21.7. The van der Waals surface area contributed by atoms with Gasteiger partial charge in [-0.3, -0.25) is 0 Å². The molecule has 1 aromatic carbocycles. The fourth-order valence-electron chi connectivity index (χ4n) is 4.08. The van der Waals surface area contributed by atoms with Crippen molar-refractivity contribution in [2.24, 2.45) is 0 Å². The summed E-state index contributed by atoms with van der Waals surface area (Å²) >= 11 is 0. The minimum atomic E-state index is -3.23. The number of sulfone groups is 1. The van der Waals surface area contributed by atoms with Crippen molar-refractivity contribution in [1.82, 2.24) is 14.9 Å². The summed E-state index contributed by atoms with van der Waals surface area (Å²) < 4.78 is 34.6. The van der Waals surface area contributed by atoms with Gasteiger partial charge in [-0.05, 0) is 29.8 Å². The predicted molar refractivity (Wildman–Crippen MR) is 124 cm³/mol. The lowest BCUT2D eigenvalue weighted by atomic mass is 10.1. The van der Waals surface area contributed by atoms with Gasteiger partial charge in [0, 0.05) is 49.1 Å². The van der Waals surface area contributed by atoms with Crippen molar-refractivity contribution in [3.8, 4) is 11.3 Å². The van der Waals surface area contributed by atoms with E-state index in [1.54, 1.807) is 30.2 Å². The van der Waals surface area contributed by atoms with Gasteiger partial charge >= 0.3 is 6.09 Å². The Morgan fingerprint density at radius 2 is 1.88 bits per heavy atom. The third-order valence-electron chi connectivity index (χ3n) is 6.17. The van der Waals surface area contributed by atoms with Gasteiger partial charge in [0.2, 0.25) is 0 Å². The zero-order valence-electron chi connectivity index (χ0n) is 18.4. The average molecular weight is 471 g/mol. The molecule has 2 aromatic heterocycles. The SMILES string of the molecule is CCS(=O)(=O)c1ccc(-c2cc3c(N4CCN(C(=O)OC5COC5)CC4)ccnc3[nH]2)cc1. The maximum absolute atomic E-state index is 12.3. The number of aromatic nitrogens is 2. The van der Waals surface area contributed by atoms with E-state index in [1.807, 2.05) is 24.3 Å². The molecule has 1 N–H and O–H groups in total. The van der Waals surface area contributed by atoms with Crippen molar-refractivity contribution in [3.63, 3.8) is 0 Å². The first-order valence-corrected chi connectivity index (χ1v) is 12.7. The number of nitrogens with one attached hydrogen (secondary N) is 1. The number of carbonyl (C=O) groups is 1. The molecule has 1 amide bonds. The Morgan fingerprint density at radius 3 is 2.52 bits per heavy atom. The first-order valence-electron chi connectivity index (χ1n) is 11.0. The van der Waals surface area contributed by atoms with E-state index in [9.17, 15) is 13.2 Å². The molecule has 2 fully saturated rings. The number of anilines is 1. The molecule has 2 saturated heterocycles. The highest BCUT2D eigenvalue weighted by molar-refractivity contribution is 7.91. The number of hydrogen-bond acceptors (Lipinski definition) is 7. The lowest BCUT2D eigenvalue weighted by molar-refractivity contribution is -0.104. The lowest BCUT2D eigenvalue weighted by Gasteiger charge is -2.37. The Balaban J connectivity index is 1.33. The standard InChI is InChI=1S/C23H26N4O5S/c1-2-33(29,30)18-5-3-16(4-6-18)20-13-19-21(7-8-24-22(19)25-20)26-9-11-27(12-10-26)23(28)32-17-14-31-15-17/h3-8,13,17H,2,9-12,14-15H2,1H3,(H,24,25). The number of piperazine rings is 1. The van der Waals surface area contributed by atoms with E-state index < -0.39 is 9.84 Å². The summed E-state index contributed by atoms with van der Waals surface area (Å²) in [5.41, 5.74) is 3.57. The van der Waals surface area contributed by atoms with E-state index in [-0.39, 0.29) is 18.0 Å². The van der Waals surface area contributed by atoms with Gasteiger partial charge in [-0.2, -0.15) is 0 Å².